The fourth-order valence-corrected chi connectivity index (χ4v) is 1.31. The second-order valence-electron chi connectivity index (χ2n) is 2.49. The van der Waals surface area contributed by atoms with Crippen LogP contribution in [0.3, 0.4) is 0 Å². The van der Waals surface area contributed by atoms with Crippen LogP contribution in [0.15, 0.2) is 48.4 Å². The van der Waals surface area contributed by atoms with Crippen molar-refractivity contribution in [1.29, 1.82) is 0 Å². The van der Waals surface area contributed by atoms with Gasteiger partial charge < -0.3 is 0 Å². The molecule has 0 aromatic carbocycles. The normalized spacial score (nSPS) is 9.83. The minimum absolute atomic E-state index is 0.287. The van der Waals surface area contributed by atoms with Gasteiger partial charge >= 0.3 is 0 Å². The minimum atomic E-state index is -3.09. The summed E-state index contributed by atoms with van der Waals surface area (Å²) >= 11 is 0. The van der Waals surface area contributed by atoms with Gasteiger partial charge in [0.05, 0.1) is 4.91 Å². The van der Waals surface area contributed by atoms with Gasteiger partial charge in [0.25, 0.3) is 0 Å². The van der Waals surface area contributed by atoms with Crippen molar-refractivity contribution in [2.24, 2.45) is 0 Å². The lowest BCUT2D eigenvalue weighted by Gasteiger charge is -1.94. The topological polar surface area (TPSA) is 34.1 Å². The highest BCUT2D eigenvalue weighted by molar-refractivity contribution is 7.94. The van der Waals surface area contributed by atoms with Crippen LogP contribution in [0.1, 0.15) is 41.5 Å². The Bertz CT molecular complexity index is 320. The number of hydrogen-bond acceptors (Lipinski definition) is 2. The first-order valence-corrected chi connectivity index (χ1v) is 8.05. The van der Waals surface area contributed by atoms with E-state index >= 15 is 0 Å². The maximum atomic E-state index is 10.9. The van der Waals surface area contributed by atoms with Gasteiger partial charge in [0.15, 0.2) is 9.84 Å². The van der Waals surface area contributed by atoms with Gasteiger partial charge in [-0.15, -0.1) is 6.58 Å². The molecule has 0 aliphatic carbocycles. The highest BCUT2D eigenvalue weighted by atomic mass is 32.2. The molecule has 0 saturated carbocycles. The van der Waals surface area contributed by atoms with Crippen molar-refractivity contribution in [3.63, 3.8) is 0 Å². The lowest BCUT2D eigenvalue weighted by molar-refractivity contribution is 0.608. The molecule has 0 rings (SSSR count). The largest absolute Gasteiger partial charge is 0.224 e. The summed E-state index contributed by atoms with van der Waals surface area (Å²) in [6.07, 6.45) is 9.06. The standard InChI is InChI=1S/C8H12O2S.C3H6.2C2H6/c1-4-6-8(7-5-2)11(3,9)10;1-3-2;2*1-2/h4-7H,1H2,2-3H3;3H,1H2,2H3;2*1-2H3/b7-5-,8-6+;;;. The average molecular weight is 274 g/mol. The van der Waals surface area contributed by atoms with Gasteiger partial charge in [0.2, 0.25) is 0 Å². The SMILES string of the molecule is C=C/C=C(\C=C/C)S(C)(=O)=O.C=CC.CC.CC. The van der Waals surface area contributed by atoms with Crippen LogP contribution in [0.25, 0.3) is 0 Å². The van der Waals surface area contributed by atoms with Gasteiger partial charge in [-0.3, -0.25) is 0 Å². The Kier molecular flexibility index (Phi) is 30.3. The zero-order valence-electron chi connectivity index (χ0n) is 13.0. The predicted octanol–water partition coefficient (Wildman–Crippen LogP) is 4.92. The molecule has 0 fully saturated rings. The number of allylic oxidation sites excluding steroid dienone is 5. The number of hydrogen-bond donors (Lipinski definition) is 0. The summed E-state index contributed by atoms with van der Waals surface area (Å²) in [7, 11) is -3.09. The van der Waals surface area contributed by atoms with Gasteiger partial charge in [0.1, 0.15) is 0 Å². The van der Waals surface area contributed by atoms with Gasteiger partial charge in [-0.2, -0.15) is 0 Å². The smallest absolute Gasteiger partial charge is 0.175 e. The van der Waals surface area contributed by atoms with E-state index in [1.54, 1.807) is 19.1 Å². The first-order valence-electron chi connectivity index (χ1n) is 6.16. The van der Waals surface area contributed by atoms with Crippen molar-refractivity contribution in [3.8, 4) is 0 Å². The average Bonchev–Trinajstić information content (AvgIpc) is 2.34. The van der Waals surface area contributed by atoms with E-state index in [4.69, 9.17) is 0 Å². The van der Waals surface area contributed by atoms with Crippen molar-refractivity contribution in [1.82, 2.24) is 0 Å². The summed E-state index contributed by atoms with van der Waals surface area (Å²) in [6.45, 7) is 18.4. The van der Waals surface area contributed by atoms with Crippen LogP contribution in [0, 0.1) is 0 Å². The van der Waals surface area contributed by atoms with Gasteiger partial charge in [-0.1, -0.05) is 52.5 Å². The second kappa shape index (κ2) is 21.2. The second-order valence-corrected chi connectivity index (χ2v) is 4.50. The van der Waals surface area contributed by atoms with E-state index in [1.165, 1.54) is 24.5 Å². The first kappa shape index (κ1) is 25.7. The summed E-state index contributed by atoms with van der Waals surface area (Å²) in [5.74, 6) is 0. The molecule has 0 aliphatic rings. The summed E-state index contributed by atoms with van der Waals surface area (Å²) in [4.78, 5) is 0.287. The molecule has 0 aromatic rings. The minimum Gasteiger partial charge on any atom is -0.224 e. The van der Waals surface area contributed by atoms with Crippen LogP contribution in [-0.2, 0) is 9.84 Å². The molecule has 3 heteroatoms. The van der Waals surface area contributed by atoms with Crippen molar-refractivity contribution in [2.45, 2.75) is 41.5 Å². The van der Waals surface area contributed by atoms with Crippen LogP contribution in [-0.4, -0.2) is 14.7 Å². The van der Waals surface area contributed by atoms with Crippen LogP contribution >= 0.6 is 0 Å². The fraction of sp³-hybridized carbons (Fsp3) is 0.467. The molecule has 0 bridgehead atoms. The zero-order valence-corrected chi connectivity index (χ0v) is 13.8. The summed E-state index contributed by atoms with van der Waals surface area (Å²) < 4.78 is 21.9. The lowest BCUT2D eigenvalue weighted by Crippen LogP contribution is -1.97. The Labute approximate surface area is 115 Å². The van der Waals surface area contributed by atoms with Crippen molar-refractivity contribution in [2.75, 3.05) is 6.26 Å². The highest BCUT2D eigenvalue weighted by Gasteiger charge is 2.04. The summed E-state index contributed by atoms with van der Waals surface area (Å²) in [5, 5.41) is 0. The molecule has 18 heavy (non-hydrogen) atoms. The molecule has 0 N–H and O–H groups in total. The van der Waals surface area contributed by atoms with Crippen molar-refractivity contribution >= 4 is 9.84 Å². The molecule has 2 nitrogen and oxygen atoms in total. The van der Waals surface area contributed by atoms with Crippen molar-refractivity contribution in [3.05, 3.63) is 48.4 Å². The molecular weight excluding hydrogens is 244 g/mol. The van der Waals surface area contributed by atoms with E-state index in [-0.39, 0.29) is 4.91 Å². The molecule has 0 unspecified atom stereocenters. The highest BCUT2D eigenvalue weighted by Crippen LogP contribution is 2.05. The predicted molar refractivity (Wildman–Crippen MR) is 86.5 cm³/mol. The molecule has 0 radical (unpaired) electrons. The molecule has 0 spiro atoms. The molecule has 108 valence electrons. The Balaban J connectivity index is -0.000000118. The molecule has 0 saturated heterocycles. The lowest BCUT2D eigenvalue weighted by atomic mass is 10.4. The van der Waals surface area contributed by atoms with Crippen LogP contribution in [0.2, 0.25) is 0 Å². The fourth-order valence-electron chi connectivity index (χ4n) is 0.583. The van der Waals surface area contributed by atoms with Crippen molar-refractivity contribution < 1.29 is 8.42 Å². The van der Waals surface area contributed by atoms with E-state index in [0.717, 1.165) is 0 Å². The maximum absolute atomic E-state index is 10.9. The summed E-state index contributed by atoms with van der Waals surface area (Å²) in [6, 6.07) is 0. The van der Waals surface area contributed by atoms with Crippen LogP contribution in [0.5, 0.6) is 0 Å². The van der Waals surface area contributed by atoms with Gasteiger partial charge in [-0.25, -0.2) is 8.42 Å². The summed E-state index contributed by atoms with van der Waals surface area (Å²) in [5.41, 5.74) is 0. The van der Waals surface area contributed by atoms with Gasteiger partial charge in [0, 0.05) is 6.26 Å². The quantitative estimate of drug-likeness (QED) is 0.540. The Morgan fingerprint density at radius 3 is 1.50 bits per heavy atom. The third kappa shape index (κ3) is 24.2. The van der Waals surface area contributed by atoms with E-state index in [0.29, 0.717) is 0 Å². The Morgan fingerprint density at radius 2 is 1.33 bits per heavy atom. The number of rotatable bonds is 3. The molecule has 0 aromatic heterocycles. The molecule has 0 atom stereocenters. The van der Waals surface area contributed by atoms with E-state index in [1.807, 2.05) is 34.6 Å². The molecule has 0 heterocycles. The third-order valence-corrected chi connectivity index (χ3v) is 2.17. The Morgan fingerprint density at radius 1 is 1.00 bits per heavy atom. The van der Waals surface area contributed by atoms with E-state index < -0.39 is 9.84 Å². The molecule has 0 amide bonds. The molecule has 0 aliphatic heterocycles. The van der Waals surface area contributed by atoms with Crippen LogP contribution < -0.4 is 0 Å². The van der Waals surface area contributed by atoms with Gasteiger partial charge in [-0.05, 0) is 26.0 Å². The first-order chi connectivity index (χ1) is 8.43. The third-order valence-electron chi connectivity index (χ3n) is 1.04. The Hall–Kier alpha value is -1.09. The monoisotopic (exact) mass is 274 g/mol. The van der Waals surface area contributed by atoms with Crippen LogP contribution in [0.4, 0.5) is 0 Å². The zero-order chi connectivity index (χ0) is 15.6. The number of sulfone groups is 1. The van der Waals surface area contributed by atoms with E-state index in [2.05, 4.69) is 13.2 Å². The molecular formula is C15H30O2S. The maximum Gasteiger partial charge on any atom is 0.175 e. The van der Waals surface area contributed by atoms with E-state index in [9.17, 15) is 8.42 Å².